The molecule has 3 aliphatic heterocycles. The van der Waals surface area contributed by atoms with Crippen LogP contribution in [0.15, 0.2) is 65.7 Å². The smallest absolute Gasteiger partial charge is 0.236 e. The van der Waals surface area contributed by atoms with Gasteiger partial charge in [-0.3, -0.25) is 14.0 Å². The fraction of sp³-hybridized carbons (Fsp3) is 0.188. The number of nitrogens with one attached hydrogen (secondary N) is 1. The van der Waals surface area contributed by atoms with E-state index in [-0.39, 0.29) is 39.3 Å². The minimum Gasteiger partial charge on any atom is -0.766 e. The average Bonchev–Trinajstić information content (AvgIpc) is 2.91. The van der Waals surface area contributed by atoms with Crippen LogP contribution >= 0.6 is 0 Å². The monoisotopic (exact) mass is 644 g/mol. The Kier molecular flexibility index (Phi) is 6.93. The Morgan fingerprint density at radius 3 is 2.38 bits per heavy atom. The molecule has 45 heavy (non-hydrogen) atoms. The van der Waals surface area contributed by atoms with Gasteiger partial charge in [-0.25, -0.2) is 8.42 Å². The topological polar surface area (TPSA) is 188 Å². The molecule has 0 amide bonds. The van der Waals surface area contributed by atoms with E-state index in [0.717, 1.165) is 0 Å². The first kappa shape index (κ1) is 30.5. The number of hydrogen-bond acceptors (Lipinski definition) is 11. The van der Waals surface area contributed by atoms with Crippen LogP contribution in [0.3, 0.4) is 0 Å². The molecule has 2 unspecified atom stereocenters. The van der Waals surface area contributed by atoms with E-state index in [1.165, 1.54) is 30.4 Å². The van der Waals surface area contributed by atoms with Gasteiger partial charge in [0.05, 0.1) is 39.7 Å². The van der Waals surface area contributed by atoms with Gasteiger partial charge in [0.1, 0.15) is 11.5 Å². The van der Waals surface area contributed by atoms with E-state index in [4.69, 9.17) is 4.74 Å². The van der Waals surface area contributed by atoms with E-state index < -0.39 is 49.1 Å². The molecule has 6 rings (SSSR count). The predicted octanol–water partition coefficient (Wildman–Crippen LogP) is 1.55. The van der Waals surface area contributed by atoms with Gasteiger partial charge in [-0.15, -0.1) is 0 Å². The fourth-order valence-corrected chi connectivity index (χ4v) is 6.94. The van der Waals surface area contributed by atoms with Crippen molar-refractivity contribution in [3.05, 3.63) is 106 Å². The van der Waals surface area contributed by atoms with Gasteiger partial charge in [0.15, 0.2) is 5.54 Å². The van der Waals surface area contributed by atoms with Crippen molar-refractivity contribution < 1.29 is 41.2 Å². The van der Waals surface area contributed by atoms with Crippen molar-refractivity contribution in [2.24, 2.45) is 4.99 Å². The summed E-state index contributed by atoms with van der Waals surface area (Å²) < 4.78 is 65.5. The first-order chi connectivity index (χ1) is 20.9. The van der Waals surface area contributed by atoms with Crippen LogP contribution in [0.1, 0.15) is 53.4 Å². The summed E-state index contributed by atoms with van der Waals surface area (Å²) >= 11 is -3.08. The third-order valence-corrected chi connectivity index (χ3v) is 8.74. The Bertz CT molecular complexity index is 2200. The standard InChI is InChI=1S/C32H26N2O9S2/c1-31(2)13-16(15-45(40,41)42)19-9-21-26(11-24(19)33-31)43-27-12-25-20(23(30(37)44(38)39)14-32(3,4)34-25)10-22(27)28(21)17-7-5-6-8-18(17)29(35)36/h5-14H,1,15H2,2-4H3,(H3-,33,34,35,36,38,39,40,41,42)/p-2. The normalized spacial score (nSPS) is 20.0. The van der Waals surface area contributed by atoms with E-state index >= 15 is 0 Å². The second-order valence-electron chi connectivity index (χ2n) is 11.8. The number of aromatic carboxylic acids is 1. The Labute approximate surface area is 260 Å². The van der Waals surface area contributed by atoms with Gasteiger partial charge in [-0.1, -0.05) is 24.3 Å². The van der Waals surface area contributed by atoms with Crippen LogP contribution in [0.4, 0.5) is 5.69 Å². The van der Waals surface area contributed by atoms with Crippen molar-refractivity contribution in [3.63, 3.8) is 0 Å². The highest BCUT2D eigenvalue weighted by Crippen LogP contribution is 2.44. The van der Waals surface area contributed by atoms with Crippen molar-refractivity contribution in [2.45, 2.75) is 31.8 Å². The zero-order chi connectivity index (χ0) is 32.6. The van der Waals surface area contributed by atoms with Crippen LogP contribution in [0.25, 0.3) is 16.7 Å². The molecule has 0 radical (unpaired) electrons. The maximum Gasteiger partial charge on any atom is 0.236 e. The molecule has 3 aliphatic rings. The molecule has 0 fully saturated rings. The van der Waals surface area contributed by atoms with E-state index in [1.807, 2.05) is 0 Å². The maximum atomic E-state index is 12.8. The van der Waals surface area contributed by atoms with Crippen LogP contribution in [-0.2, 0) is 26.0 Å². The zero-order valence-electron chi connectivity index (χ0n) is 24.1. The van der Waals surface area contributed by atoms with Gasteiger partial charge >= 0.3 is 0 Å². The molecule has 3 aromatic carbocycles. The molecule has 230 valence electrons. The van der Waals surface area contributed by atoms with Gasteiger partial charge in [0.2, 0.25) is 5.12 Å². The summed E-state index contributed by atoms with van der Waals surface area (Å²) in [5, 5.41) is 15.0. The number of carboxylic acid groups (broad SMARTS) is 1. The van der Waals surface area contributed by atoms with Crippen molar-refractivity contribution in [3.8, 4) is 11.5 Å². The van der Waals surface area contributed by atoms with Gasteiger partial charge in [0, 0.05) is 74.4 Å². The second-order valence-corrected chi connectivity index (χ2v) is 14.1. The van der Waals surface area contributed by atoms with Crippen LogP contribution in [0.5, 0.6) is 11.5 Å². The van der Waals surface area contributed by atoms with E-state index in [0.29, 0.717) is 33.0 Å². The van der Waals surface area contributed by atoms with E-state index in [2.05, 4.69) is 17.2 Å². The SMILES string of the molecule is [CH2+]C1(C)C=C(CS(=O)(=O)[O-])c2cc3c(cc2N1)Oc1cc2c(cc1=C3c1ccccc1C(=O)[O-])C(C(=O)S(=O)[O-])=CC(C)(C)N=2. The molecule has 0 spiro atoms. The van der Waals surface area contributed by atoms with Gasteiger partial charge in [-0.2, -0.15) is 0 Å². The quantitative estimate of drug-likeness (QED) is 0.190. The molecular weight excluding hydrogens is 620 g/mol. The van der Waals surface area contributed by atoms with E-state index in [9.17, 15) is 36.4 Å². The Hall–Kier alpha value is -4.56. The van der Waals surface area contributed by atoms with Crippen LogP contribution < -0.4 is 25.7 Å². The zero-order valence-corrected chi connectivity index (χ0v) is 25.8. The number of hydrogen-bond donors (Lipinski definition) is 1. The number of rotatable bonds is 5. The first-order valence-electron chi connectivity index (χ1n) is 13.5. The largest absolute Gasteiger partial charge is 0.766 e. The molecule has 2 atom stereocenters. The molecular formula is C32H24N2O9S2-2. The maximum absolute atomic E-state index is 12.8. The molecule has 0 saturated heterocycles. The third kappa shape index (κ3) is 5.59. The van der Waals surface area contributed by atoms with Crippen LogP contribution in [0, 0.1) is 6.92 Å². The summed E-state index contributed by atoms with van der Waals surface area (Å²) in [4.78, 5) is 29.8. The number of nitrogens with zero attached hydrogens (tertiary/aromatic N) is 1. The summed E-state index contributed by atoms with van der Waals surface area (Å²) in [6.45, 7) is 9.17. The Morgan fingerprint density at radius 1 is 1.00 bits per heavy atom. The fourth-order valence-electron chi connectivity index (χ4n) is 5.97. The van der Waals surface area contributed by atoms with Crippen molar-refractivity contribution >= 4 is 54.7 Å². The molecule has 1 N–H and O–H groups in total. The summed E-state index contributed by atoms with van der Waals surface area (Å²) in [6, 6.07) is 12.4. The molecule has 0 aliphatic carbocycles. The lowest BCUT2D eigenvalue weighted by atomic mass is 9.84. The third-order valence-electron chi connectivity index (χ3n) is 7.55. The minimum absolute atomic E-state index is 0.102. The number of ether oxygens (including phenoxy) is 1. The van der Waals surface area contributed by atoms with Crippen LogP contribution in [0.2, 0.25) is 0 Å². The van der Waals surface area contributed by atoms with Crippen molar-refractivity contribution in [1.29, 1.82) is 0 Å². The predicted molar refractivity (Wildman–Crippen MR) is 162 cm³/mol. The molecule has 13 heteroatoms. The lowest BCUT2D eigenvalue weighted by molar-refractivity contribution is -0.255. The Balaban J connectivity index is 1.74. The van der Waals surface area contributed by atoms with E-state index in [1.54, 1.807) is 51.1 Å². The highest BCUT2D eigenvalue weighted by atomic mass is 32.2. The summed E-state index contributed by atoms with van der Waals surface area (Å²) in [5.41, 5.74) is -0.108. The number of carbonyl (C=O) groups excluding carboxylic acids is 2. The second kappa shape index (κ2) is 10.2. The summed E-state index contributed by atoms with van der Waals surface area (Å²) in [5.74, 6) is -1.78. The van der Waals surface area contributed by atoms with Gasteiger partial charge in [0.25, 0.3) is 0 Å². The molecule has 0 aromatic heterocycles. The molecule has 0 bridgehead atoms. The molecule has 0 saturated carbocycles. The molecule has 11 nitrogen and oxygen atoms in total. The molecule has 3 heterocycles. The summed E-state index contributed by atoms with van der Waals surface area (Å²) in [7, 11) is -4.71. The summed E-state index contributed by atoms with van der Waals surface area (Å²) in [6.07, 6.45) is 2.99. The minimum atomic E-state index is -4.71. The number of carbonyl (C=O) groups is 2. The lowest BCUT2D eigenvalue weighted by Crippen LogP contribution is -2.34. The van der Waals surface area contributed by atoms with Crippen molar-refractivity contribution in [2.75, 3.05) is 11.1 Å². The number of anilines is 1. The Morgan fingerprint density at radius 2 is 1.71 bits per heavy atom. The lowest BCUT2D eigenvalue weighted by Gasteiger charge is -2.31. The highest BCUT2D eigenvalue weighted by molar-refractivity contribution is 7.96. The first-order valence-corrected chi connectivity index (χ1v) is 16.2. The van der Waals surface area contributed by atoms with Crippen LogP contribution in [-0.4, -0.2) is 49.6 Å². The van der Waals surface area contributed by atoms with Crippen molar-refractivity contribution in [1.82, 2.24) is 0 Å². The number of benzene rings is 3. The number of fused-ring (bicyclic) bond motifs is 4. The van der Waals surface area contributed by atoms with Gasteiger partial charge < -0.3 is 29.1 Å². The number of carboxylic acids is 1. The average molecular weight is 645 g/mol. The highest BCUT2D eigenvalue weighted by Gasteiger charge is 2.34. The van der Waals surface area contributed by atoms with Gasteiger partial charge in [-0.05, 0) is 49.3 Å². The molecule has 3 aromatic rings.